The smallest absolute Gasteiger partial charge is 0.305 e. The van der Waals surface area contributed by atoms with Gasteiger partial charge in [0.05, 0.1) is 5.41 Å². The van der Waals surface area contributed by atoms with Gasteiger partial charge in [-0.1, -0.05) is 12.1 Å². The quantitative estimate of drug-likeness (QED) is 0.674. The summed E-state index contributed by atoms with van der Waals surface area (Å²) >= 11 is 0. The zero-order chi connectivity index (χ0) is 15.1. The summed E-state index contributed by atoms with van der Waals surface area (Å²) in [5, 5.41) is 0. The molecule has 0 aromatic heterocycles. The average Bonchev–Trinajstić information content (AvgIpc) is 2.49. The van der Waals surface area contributed by atoms with E-state index in [1.807, 2.05) is 13.8 Å². The van der Waals surface area contributed by atoms with Gasteiger partial charge in [-0.05, 0) is 25.5 Å². The third-order valence-electron chi connectivity index (χ3n) is 3.18. The molecule has 1 aliphatic rings. The summed E-state index contributed by atoms with van der Waals surface area (Å²) in [6.45, 7) is 4.97. The van der Waals surface area contributed by atoms with E-state index in [0.29, 0.717) is 11.3 Å². The highest BCUT2D eigenvalue weighted by Crippen LogP contribution is 2.43. The van der Waals surface area contributed by atoms with Gasteiger partial charge < -0.3 is 9.47 Å². The van der Waals surface area contributed by atoms with Gasteiger partial charge in [0.1, 0.15) is 11.5 Å². The Labute approximate surface area is 117 Å². The standard InChI is InChI=1S/C13H16O6S/c1-8(14)18-12-13(2,3)10-6-9(7-20(15,16)17)4-5-11(10)19-12/h4-6,12H,7H2,1-3H3,(H,15,16,17). The van der Waals surface area contributed by atoms with E-state index in [1.165, 1.54) is 6.92 Å². The molecule has 110 valence electrons. The molecule has 1 aromatic carbocycles. The second-order valence-corrected chi connectivity index (χ2v) is 6.79. The highest BCUT2D eigenvalue weighted by atomic mass is 32.2. The second-order valence-electron chi connectivity index (χ2n) is 5.34. The zero-order valence-corrected chi connectivity index (χ0v) is 12.2. The average molecular weight is 300 g/mol. The van der Waals surface area contributed by atoms with Crippen molar-refractivity contribution in [1.82, 2.24) is 0 Å². The van der Waals surface area contributed by atoms with E-state index in [2.05, 4.69) is 0 Å². The minimum atomic E-state index is -4.09. The fraction of sp³-hybridized carbons (Fsp3) is 0.462. The Morgan fingerprint density at radius 1 is 1.45 bits per heavy atom. The summed E-state index contributed by atoms with van der Waals surface area (Å²) in [4.78, 5) is 11.1. The van der Waals surface area contributed by atoms with E-state index in [4.69, 9.17) is 14.0 Å². The number of carbonyl (C=O) groups excluding carboxylic acids is 1. The van der Waals surface area contributed by atoms with Gasteiger partial charge in [0.25, 0.3) is 16.4 Å². The van der Waals surface area contributed by atoms with Gasteiger partial charge in [0.15, 0.2) is 0 Å². The molecule has 7 heteroatoms. The molecule has 0 fully saturated rings. The van der Waals surface area contributed by atoms with Gasteiger partial charge in [0, 0.05) is 12.5 Å². The summed E-state index contributed by atoms with van der Waals surface area (Å²) in [7, 11) is -4.09. The van der Waals surface area contributed by atoms with Crippen LogP contribution in [0.2, 0.25) is 0 Å². The zero-order valence-electron chi connectivity index (χ0n) is 11.4. The molecule has 6 nitrogen and oxygen atoms in total. The first-order chi connectivity index (χ1) is 9.09. The monoisotopic (exact) mass is 300 g/mol. The first-order valence-electron chi connectivity index (χ1n) is 6.02. The van der Waals surface area contributed by atoms with Gasteiger partial charge in [-0.25, -0.2) is 0 Å². The maximum atomic E-state index is 11.1. The third kappa shape index (κ3) is 2.94. The lowest BCUT2D eigenvalue weighted by Crippen LogP contribution is -2.36. The molecule has 1 heterocycles. The van der Waals surface area contributed by atoms with Crippen molar-refractivity contribution in [2.24, 2.45) is 0 Å². The Hall–Kier alpha value is -1.60. The van der Waals surface area contributed by atoms with Gasteiger partial charge in [-0.15, -0.1) is 0 Å². The van der Waals surface area contributed by atoms with Crippen LogP contribution in [0.3, 0.4) is 0 Å². The molecule has 1 aliphatic heterocycles. The van der Waals surface area contributed by atoms with Crippen LogP contribution in [-0.2, 0) is 30.8 Å². The Morgan fingerprint density at radius 3 is 2.65 bits per heavy atom. The van der Waals surface area contributed by atoms with Crippen LogP contribution >= 0.6 is 0 Å². The second kappa shape index (κ2) is 4.75. The van der Waals surface area contributed by atoms with Crippen LogP contribution in [0.4, 0.5) is 0 Å². The lowest BCUT2D eigenvalue weighted by molar-refractivity contribution is -0.165. The Bertz CT molecular complexity index is 647. The van der Waals surface area contributed by atoms with E-state index < -0.39 is 33.5 Å². The first kappa shape index (κ1) is 14.8. The van der Waals surface area contributed by atoms with Crippen molar-refractivity contribution < 1.29 is 27.2 Å². The summed E-state index contributed by atoms with van der Waals surface area (Å²) in [6.07, 6.45) is -0.754. The number of esters is 1. The van der Waals surface area contributed by atoms with Crippen LogP contribution in [-0.4, -0.2) is 25.2 Å². The number of hydrogen-bond donors (Lipinski definition) is 1. The number of benzene rings is 1. The summed E-state index contributed by atoms with van der Waals surface area (Å²) in [6, 6.07) is 4.81. The van der Waals surface area contributed by atoms with Crippen LogP contribution < -0.4 is 4.74 Å². The number of ether oxygens (including phenoxy) is 2. The molecule has 1 N–H and O–H groups in total. The number of rotatable bonds is 3. The SMILES string of the molecule is CC(=O)OC1Oc2ccc(CS(=O)(=O)O)cc2C1(C)C. The molecule has 0 bridgehead atoms. The highest BCUT2D eigenvalue weighted by molar-refractivity contribution is 7.85. The minimum Gasteiger partial charge on any atom is -0.454 e. The van der Waals surface area contributed by atoms with Crippen LogP contribution in [0.5, 0.6) is 5.75 Å². The summed E-state index contributed by atoms with van der Waals surface area (Å²) in [5.41, 5.74) is 0.590. The normalized spacial score (nSPS) is 20.1. The van der Waals surface area contributed by atoms with E-state index in [-0.39, 0.29) is 0 Å². The molecule has 1 atom stereocenters. The van der Waals surface area contributed by atoms with Crippen molar-refractivity contribution >= 4 is 16.1 Å². The molecule has 0 aliphatic carbocycles. The van der Waals surface area contributed by atoms with Crippen molar-refractivity contribution in [1.29, 1.82) is 0 Å². The minimum absolute atomic E-state index is 0.450. The lowest BCUT2D eigenvalue weighted by Gasteiger charge is -2.24. The van der Waals surface area contributed by atoms with E-state index in [9.17, 15) is 13.2 Å². The van der Waals surface area contributed by atoms with Crippen molar-refractivity contribution in [3.05, 3.63) is 29.3 Å². The van der Waals surface area contributed by atoms with Crippen molar-refractivity contribution in [3.63, 3.8) is 0 Å². The van der Waals surface area contributed by atoms with Crippen molar-refractivity contribution in [3.8, 4) is 5.75 Å². The van der Waals surface area contributed by atoms with Gasteiger partial charge in [-0.2, -0.15) is 8.42 Å². The maximum absolute atomic E-state index is 11.1. The fourth-order valence-corrected chi connectivity index (χ4v) is 2.80. The topological polar surface area (TPSA) is 89.9 Å². The predicted octanol–water partition coefficient (Wildman–Crippen LogP) is 1.63. The fourth-order valence-electron chi connectivity index (χ4n) is 2.20. The molecule has 2 rings (SSSR count). The number of fused-ring (bicyclic) bond motifs is 1. The Kier molecular flexibility index (Phi) is 3.51. The highest BCUT2D eigenvalue weighted by Gasteiger charge is 2.44. The molecule has 0 saturated heterocycles. The summed E-state index contributed by atoms with van der Waals surface area (Å²) < 4.78 is 41.4. The van der Waals surface area contributed by atoms with E-state index in [1.54, 1.807) is 18.2 Å². The van der Waals surface area contributed by atoms with E-state index >= 15 is 0 Å². The third-order valence-corrected chi connectivity index (χ3v) is 3.88. The molecule has 1 aromatic rings. The van der Waals surface area contributed by atoms with Crippen LogP contribution in [0.1, 0.15) is 31.9 Å². The van der Waals surface area contributed by atoms with Gasteiger partial charge in [0.2, 0.25) is 0 Å². The molecule has 1 unspecified atom stereocenters. The van der Waals surface area contributed by atoms with E-state index in [0.717, 1.165) is 5.56 Å². The largest absolute Gasteiger partial charge is 0.454 e. The molecule has 0 spiro atoms. The van der Waals surface area contributed by atoms with Crippen LogP contribution in [0.25, 0.3) is 0 Å². The molecular weight excluding hydrogens is 284 g/mol. The molecule has 0 saturated carbocycles. The maximum Gasteiger partial charge on any atom is 0.305 e. The van der Waals surface area contributed by atoms with Crippen molar-refractivity contribution in [2.45, 2.75) is 38.2 Å². The van der Waals surface area contributed by atoms with Crippen LogP contribution in [0.15, 0.2) is 18.2 Å². The first-order valence-corrected chi connectivity index (χ1v) is 7.63. The Balaban J connectivity index is 2.35. The van der Waals surface area contributed by atoms with Gasteiger partial charge >= 0.3 is 5.97 Å². The molecule has 0 amide bonds. The Morgan fingerprint density at radius 2 is 2.10 bits per heavy atom. The van der Waals surface area contributed by atoms with Crippen LogP contribution in [0, 0.1) is 0 Å². The predicted molar refractivity (Wildman–Crippen MR) is 70.9 cm³/mol. The van der Waals surface area contributed by atoms with Gasteiger partial charge in [-0.3, -0.25) is 9.35 Å². The summed E-state index contributed by atoms with van der Waals surface area (Å²) in [5.74, 6) is -0.372. The molecule has 0 radical (unpaired) electrons. The molecular formula is C13H16O6S. The molecule has 20 heavy (non-hydrogen) atoms. The van der Waals surface area contributed by atoms with Crippen molar-refractivity contribution in [2.75, 3.05) is 0 Å². The number of hydrogen-bond acceptors (Lipinski definition) is 5. The lowest BCUT2D eigenvalue weighted by atomic mass is 9.85. The number of carbonyl (C=O) groups is 1.